The largest absolute Gasteiger partial charge is 0.354 e. The smallest absolute Gasteiger partial charge is 0.216 e. The van der Waals surface area contributed by atoms with Crippen LogP contribution in [0.2, 0.25) is 0 Å². The number of carbonyl (C=O) groups is 1. The number of hydrogen-bond acceptors (Lipinski definition) is 2. The van der Waals surface area contributed by atoms with Gasteiger partial charge in [-0.15, -0.1) is 0 Å². The van der Waals surface area contributed by atoms with Gasteiger partial charge in [0.2, 0.25) is 5.91 Å². The molecule has 0 fully saturated rings. The van der Waals surface area contributed by atoms with Crippen LogP contribution < -0.4 is 5.32 Å². The summed E-state index contributed by atoms with van der Waals surface area (Å²) in [7, 11) is 2.11. The number of rotatable bonds is 2. The second kappa shape index (κ2) is 4.66. The van der Waals surface area contributed by atoms with Crippen molar-refractivity contribution in [2.45, 2.75) is 19.4 Å². The number of benzene rings is 1. The molecule has 1 amide bonds. The van der Waals surface area contributed by atoms with Crippen molar-refractivity contribution < 1.29 is 4.79 Å². The second-order valence-electron chi connectivity index (χ2n) is 4.38. The lowest BCUT2D eigenvalue weighted by Gasteiger charge is -2.34. The molecule has 16 heavy (non-hydrogen) atoms. The van der Waals surface area contributed by atoms with E-state index in [4.69, 9.17) is 0 Å². The molecule has 1 heterocycles. The summed E-state index contributed by atoms with van der Waals surface area (Å²) in [4.78, 5) is 13.3. The molecule has 0 radical (unpaired) electrons. The van der Waals surface area contributed by atoms with Crippen molar-refractivity contribution in [2.24, 2.45) is 0 Å². The summed E-state index contributed by atoms with van der Waals surface area (Å²) < 4.78 is 0. The van der Waals surface area contributed by atoms with E-state index in [1.165, 1.54) is 11.1 Å². The lowest BCUT2D eigenvalue weighted by atomic mass is 9.93. The van der Waals surface area contributed by atoms with E-state index in [0.29, 0.717) is 12.6 Å². The average molecular weight is 218 g/mol. The minimum absolute atomic E-state index is 0.0384. The van der Waals surface area contributed by atoms with E-state index in [1.54, 1.807) is 6.92 Å². The Morgan fingerprint density at radius 1 is 1.50 bits per heavy atom. The maximum atomic E-state index is 11.0. The SMILES string of the molecule is CC(=O)NCC1c2ccccc2CCN1C. The zero-order valence-corrected chi connectivity index (χ0v) is 9.86. The van der Waals surface area contributed by atoms with Gasteiger partial charge in [-0.3, -0.25) is 9.69 Å². The predicted molar refractivity (Wildman–Crippen MR) is 64.2 cm³/mol. The normalized spacial score (nSPS) is 20.2. The van der Waals surface area contributed by atoms with E-state index < -0.39 is 0 Å². The molecule has 1 aromatic rings. The van der Waals surface area contributed by atoms with E-state index in [-0.39, 0.29) is 5.91 Å². The van der Waals surface area contributed by atoms with Crippen LogP contribution in [0.3, 0.4) is 0 Å². The minimum Gasteiger partial charge on any atom is -0.354 e. The summed E-state index contributed by atoms with van der Waals surface area (Å²) in [6, 6.07) is 8.81. The number of nitrogens with zero attached hydrogens (tertiary/aromatic N) is 1. The van der Waals surface area contributed by atoms with E-state index in [9.17, 15) is 4.79 Å². The number of nitrogens with one attached hydrogen (secondary N) is 1. The first-order valence-electron chi connectivity index (χ1n) is 5.71. The molecule has 1 N–H and O–H groups in total. The van der Waals surface area contributed by atoms with Crippen molar-refractivity contribution in [3.05, 3.63) is 35.4 Å². The fourth-order valence-electron chi connectivity index (χ4n) is 2.28. The molecule has 0 bridgehead atoms. The van der Waals surface area contributed by atoms with Gasteiger partial charge in [-0.1, -0.05) is 24.3 Å². The molecule has 1 unspecified atom stereocenters. The predicted octanol–water partition coefficient (Wildman–Crippen LogP) is 1.35. The Hall–Kier alpha value is -1.35. The Morgan fingerprint density at radius 2 is 2.25 bits per heavy atom. The van der Waals surface area contributed by atoms with E-state index in [1.807, 2.05) is 0 Å². The van der Waals surface area contributed by atoms with Crippen molar-refractivity contribution in [3.8, 4) is 0 Å². The highest BCUT2D eigenvalue weighted by Crippen LogP contribution is 2.27. The second-order valence-corrected chi connectivity index (χ2v) is 4.38. The van der Waals surface area contributed by atoms with Crippen molar-refractivity contribution >= 4 is 5.91 Å². The third-order valence-corrected chi connectivity index (χ3v) is 3.22. The zero-order chi connectivity index (χ0) is 11.5. The standard InChI is InChI=1S/C13H18N2O/c1-10(16)14-9-13-12-6-4-3-5-11(12)7-8-15(13)2/h3-6,13H,7-9H2,1-2H3,(H,14,16). The molecule has 2 rings (SSSR count). The van der Waals surface area contributed by atoms with E-state index in [0.717, 1.165) is 13.0 Å². The Balaban J connectivity index is 2.19. The van der Waals surface area contributed by atoms with Crippen molar-refractivity contribution in [3.63, 3.8) is 0 Å². The average Bonchev–Trinajstić information content (AvgIpc) is 2.27. The van der Waals surface area contributed by atoms with Gasteiger partial charge >= 0.3 is 0 Å². The van der Waals surface area contributed by atoms with Gasteiger partial charge < -0.3 is 5.32 Å². The van der Waals surface area contributed by atoms with Crippen LogP contribution >= 0.6 is 0 Å². The molecule has 0 saturated heterocycles. The Bertz CT molecular complexity index is 389. The van der Waals surface area contributed by atoms with Gasteiger partial charge in [0.15, 0.2) is 0 Å². The van der Waals surface area contributed by atoms with Crippen LogP contribution in [0.5, 0.6) is 0 Å². The fraction of sp³-hybridized carbons (Fsp3) is 0.462. The molecular formula is C13H18N2O. The van der Waals surface area contributed by atoms with Gasteiger partial charge in [-0.2, -0.15) is 0 Å². The molecule has 1 aliphatic rings. The third-order valence-electron chi connectivity index (χ3n) is 3.22. The highest BCUT2D eigenvalue weighted by molar-refractivity contribution is 5.72. The van der Waals surface area contributed by atoms with Crippen LogP contribution in [0.4, 0.5) is 0 Å². The number of fused-ring (bicyclic) bond motifs is 1. The first kappa shape index (κ1) is 11.1. The number of carbonyl (C=O) groups excluding carboxylic acids is 1. The summed E-state index contributed by atoms with van der Waals surface area (Å²) >= 11 is 0. The monoisotopic (exact) mass is 218 g/mol. The molecule has 0 aliphatic carbocycles. The zero-order valence-electron chi connectivity index (χ0n) is 9.86. The molecule has 3 heteroatoms. The Morgan fingerprint density at radius 3 is 3.00 bits per heavy atom. The fourth-order valence-corrected chi connectivity index (χ4v) is 2.28. The molecular weight excluding hydrogens is 200 g/mol. The van der Waals surface area contributed by atoms with Crippen molar-refractivity contribution in [1.82, 2.24) is 10.2 Å². The molecule has 1 atom stereocenters. The summed E-state index contributed by atoms with van der Waals surface area (Å²) in [5, 5.41) is 2.91. The van der Waals surface area contributed by atoms with Crippen molar-refractivity contribution in [2.75, 3.05) is 20.1 Å². The molecule has 0 aromatic heterocycles. The molecule has 0 saturated carbocycles. The van der Waals surface area contributed by atoms with Crippen LogP contribution in [-0.2, 0) is 11.2 Å². The molecule has 0 spiro atoms. The third kappa shape index (κ3) is 2.25. The Labute approximate surface area is 96.5 Å². The topological polar surface area (TPSA) is 32.3 Å². The lowest BCUT2D eigenvalue weighted by molar-refractivity contribution is -0.119. The first-order chi connectivity index (χ1) is 7.68. The van der Waals surface area contributed by atoms with Gasteiger partial charge in [-0.25, -0.2) is 0 Å². The first-order valence-corrected chi connectivity index (χ1v) is 5.71. The minimum atomic E-state index is 0.0384. The van der Waals surface area contributed by atoms with Crippen LogP contribution in [0, 0.1) is 0 Å². The maximum Gasteiger partial charge on any atom is 0.216 e. The molecule has 1 aliphatic heterocycles. The lowest BCUT2D eigenvalue weighted by Crippen LogP contribution is -2.39. The maximum absolute atomic E-state index is 11.0. The van der Waals surface area contributed by atoms with Gasteiger partial charge in [-0.05, 0) is 24.6 Å². The van der Waals surface area contributed by atoms with Crippen LogP contribution in [0.1, 0.15) is 24.1 Å². The van der Waals surface area contributed by atoms with Gasteiger partial charge in [0.1, 0.15) is 0 Å². The summed E-state index contributed by atoms with van der Waals surface area (Å²) in [5.74, 6) is 0.0384. The van der Waals surface area contributed by atoms with Crippen LogP contribution in [0.15, 0.2) is 24.3 Å². The quantitative estimate of drug-likeness (QED) is 0.812. The molecule has 86 valence electrons. The van der Waals surface area contributed by atoms with Gasteiger partial charge in [0.25, 0.3) is 0 Å². The molecule has 1 aromatic carbocycles. The van der Waals surface area contributed by atoms with Gasteiger partial charge in [0, 0.05) is 20.0 Å². The van der Waals surface area contributed by atoms with E-state index in [2.05, 4.69) is 41.5 Å². The van der Waals surface area contributed by atoms with Gasteiger partial charge in [0.05, 0.1) is 6.04 Å². The number of hydrogen-bond donors (Lipinski definition) is 1. The summed E-state index contributed by atoms with van der Waals surface area (Å²) in [5.41, 5.74) is 2.76. The molecule has 3 nitrogen and oxygen atoms in total. The highest BCUT2D eigenvalue weighted by atomic mass is 16.1. The Kier molecular flexibility index (Phi) is 3.25. The summed E-state index contributed by atoms with van der Waals surface area (Å²) in [6.45, 7) is 3.32. The number of likely N-dealkylation sites (N-methyl/N-ethyl adjacent to an activating group) is 1. The number of amides is 1. The van der Waals surface area contributed by atoms with Crippen LogP contribution in [0.25, 0.3) is 0 Å². The summed E-state index contributed by atoms with van der Waals surface area (Å²) in [6.07, 6.45) is 1.10. The van der Waals surface area contributed by atoms with Crippen LogP contribution in [-0.4, -0.2) is 30.9 Å². The van der Waals surface area contributed by atoms with E-state index >= 15 is 0 Å². The van der Waals surface area contributed by atoms with Crippen molar-refractivity contribution in [1.29, 1.82) is 0 Å². The highest BCUT2D eigenvalue weighted by Gasteiger charge is 2.23.